The van der Waals surface area contributed by atoms with Crippen LogP contribution in [0.3, 0.4) is 0 Å². The zero-order valence-electron chi connectivity index (χ0n) is 10.7. The van der Waals surface area contributed by atoms with Gasteiger partial charge in [0.15, 0.2) is 5.82 Å². The predicted molar refractivity (Wildman–Crippen MR) is 75.6 cm³/mol. The van der Waals surface area contributed by atoms with Gasteiger partial charge in [-0.15, -0.1) is 16.7 Å². The van der Waals surface area contributed by atoms with E-state index >= 15 is 0 Å². The molecule has 1 unspecified atom stereocenters. The second-order valence-electron chi connectivity index (χ2n) is 4.24. The van der Waals surface area contributed by atoms with Crippen LogP contribution in [0, 0.1) is 0 Å². The molecule has 1 atom stereocenters. The van der Waals surface area contributed by atoms with E-state index < -0.39 is 0 Å². The molecule has 0 radical (unpaired) electrons. The second kappa shape index (κ2) is 5.72. The smallest absolute Gasteiger partial charge is 0.258 e. The van der Waals surface area contributed by atoms with E-state index in [1.807, 2.05) is 29.9 Å². The fourth-order valence-corrected chi connectivity index (χ4v) is 2.44. The van der Waals surface area contributed by atoms with Crippen molar-refractivity contribution in [3.05, 3.63) is 34.5 Å². The summed E-state index contributed by atoms with van der Waals surface area (Å²) in [5, 5.41) is 15.8. The minimum atomic E-state index is -0.115. The Morgan fingerprint density at radius 3 is 3.15 bits per heavy atom. The van der Waals surface area contributed by atoms with Crippen LogP contribution in [-0.4, -0.2) is 25.1 Å². The number of rotatable bonds is 5. The van der Waals surface area contributed by atoms with Crippen LogP contribution in [0.1, 0.15) is 30.2 Å². The topological polar surface area (TPSA) is 69.6 Å². The van der Waals surface area contributed by atoms with Gasteiger partial charge < -0.3 is 4.52 Å². The van der Waals surface area contributed by atoms with Gasteiger partial charge in [0.2, 0.25) is 0 Å². The fraction of sp³-hybridized carbons (Fsp3) is 0.333. The number of thiophene rings is 1. The molecule has 0 bridgehead atoms. The van der Waals surface area contributed by atoms with Crippen molar-refractivity contribution in [3.63, 3.8) is 0 Å². The zero-order chi connectivity index (χ0) is 13.9. The molecule has 0 aromatic carbocycles. The first kappa shape index (κ1) is 13.3. The van der Waals surface area contributed by atoms with Gasteiger partial charge in [0.05, 0.1) is 17.1 Å². The van der Waals surface area contributed by atoms with Crippen LogP contribution in [0.2, 0.25) is 0 Å². The van der Waals surface area contributed by atoms with Crippen molar-refractivity contribution in [2.24, 2.45) is 0 Å². The fourth-order valence-electron chi connectivity index (χ4n) is 1.71. The molecule has 3 rings (SSSR count). The quantitative estimate of drug-likeness (QED) is 0.677. The summed E-state index contributed by atoms with van der Waals surface area (Å²) in [7, 11) is 0. The van der Waals surface area contributed by atoms with Crippen molar-refractivity contribution in [3.8, 4) is 11.5 Å². The highest BCUT2D eigenvalue weighted by Crippen LogP contribution is 2.22. The minimum absolute atomic E-state index is 0.115. The summed E-state index contributed by atoms with van der Waals surface area (Å²) in [5.41, 5.74) is 1.69. The average molecular weight is 310 g/mol. The number of hydrogen-bond donors (Lipinski definition) is 0. The minimum Gasteiger partial charge on any atom is -0.334 e. The van der Waals surface area contributed by atoms with Gasteiger partial charge in [-0.25, -0.2) is 4.68 Å². The first-order valence-electron chi connectivity index (χ1n) is 6.15. The highest BCUT2D eigenvalue weighted by molar-refractivity contribution is 7.08. The predicted octanol–water partition coefficient (Wildman–Crippen LogP) is 3.13. The van der Waals surface area contributed by atoms with Gasteiger partial charge in [0.1, 0.15) is 12.2 Å². The molecule has 6 nitrogen and oxygen atoms in total. The normalized spacial score (nSPS) is 12.7. The lowest BCUT2D eigenvalue weighted by molar-refractivity contribution is 0.418. The largest absolute Gasteiger partial charge is 0.334 e. The van der Waals surface area contributed by atoms with Gasteiger partial charge in [-0.2, -0.15) is 16.3 Å². The molecule has 0 amide bonds. The van der Waals surface area contributed by atoms with Crippen LogP contribution >= 0.6 is 22.9 Å². The lowest BCUT2D eigenvalue weighted by Crippen LogP contribution is -2.02. The number of aromatic nitrogens is 5. The van der Waals surface area contributed by atoms with Crippen LogP contribution in [0.5, 0.6) is 0 Å². The molecular formula is C12H12ClN5OS. The van der Waals surface area contributed by atoms with E-state index in [0.717, 1.165) is 17.7 Å². The molecule has 104 valence electrons. The molecule has 0 aliphatic rings. The van der Waals surface area contributed by atoms with Crippen LogP contribution in [0.15, 0.2) is 27.5 Å². The third-order valence-electron chi connectivity index (χ3n) is 2.78. The van der Waals surface area contributed by atoms with E-state index in [1.54, 1.807) is 16.0 Å². The molecule has 0 aliphatic heterocycles. The third kappa shape index (κ3) is 2.73. The van der Waals surface area contributed by atoms with Crippen LogP contribution in [0.25, 0.3) is 11.5 Å². The van der Waals surface area contributed by atoms with E-state index in [-0.39, 0.29) is 5.38 Å². The Balaban J connectivity index is 1.73. The van der Waals surface area contributed by atoms with Gasteiger partial charge >= 0.3 is 0 Å². The van der Waals surface area contributed by atoms with Gasteiger partial charge in [-0.05, 0) is 17.9 Å². The third-order valence-corrected chi connectivity index (χ3v) is 3.99. The summed E-state index contributed by atoms with van der Waals surface area (Å²) < 4.78 is 6.87. The van der Waals surface area contributed by atoms with E-state index in [2.05, 4.69) is 20.5 Å². The highest BCUT2D eigenvalue weighted by atomic mass is 35.5. The first-order valence-corrected chi connectivity index (χ1v) is 7.53. The van der Waals surface area contributed by atoms with E-state index in [1.165, 1.54) is 0 Å². The van der Waals surface area contributed by atoms with Crippen molar-refractivity contribution in [1.29, 1.82) is 0 Å². The SMILES string of the molecule is CCC(Cl)c1cn(Cc2noc(-c3ccsc3)n2)nn1. The second-order valence-corrected chi connectivity index (χ2v) is 5.55. The Morgan fingerprint density at radius 2 is 2.40 bits per heavy atom. The van der Waals surface area contributed by atoms with Crippen LogP contribution < -0.4 is 0 Å². The summed E-state index contributed by atoms with van der Waals surface area (Å²) >= 11 is 7.70. The van der Waals surface area contributed by atoms with Gasteiger partial charge in [0, 0.05) is 5.38 Å². The molecule has 20 heavy (non-hydrogen) atoms. The van der Waals surface area contributed by atoms with E-state index in [9.17, 15) is 0 Å². The lowest BCUT2D eigenvalue weighted by atomic mass is 10.3. The maximum Gasteiger partial charge on any atom is 0.258 e. The molecule has 0 saturated heterocycles. The summed E-state index contributed by atoms with van der Waals surface area (Å²) in [5.74, 6) is 1.08. The van der Waals surface area contributed by atoms with Crippen molar-refractivity contribution in [2.45, 2.75) is 25.3 Å². The summed E-state index contributed by atoms with van der Waals surface area (Å²) in [6, 6.07) is 1.94. The first-order chi connectivity index (χ1) is 9.76. The maximum atomic E-state index is 6.11. The van der Waals surface area contributed by atoms with Gasteiger partial charge in [-0.3, -0.25) is 0 Å². The number of nitrogens with zero attached hydrogens (tertiary/aromatic N) is 5. The Bertz CT molecular complexity index is 678. The number of alkyl halides is 1. The molecule has 8 heteroatoms. The number of hydrogen-bond acceptors (Lipinski definition) is 6. The molecular weight excluding hydrogens is 298 g/mol. The molecule has 0 aliphatic carbocycles. The van der Waals surface area contributed by atoms with Crippen molar-refractivity contribution >= 4 is 22.9 Å². The standard InChI is InChI=1S/C12H12ClN5OS/c1-2-9(13)10-5-18(17-15-10)6-11-14-12(19-16-11)8-3-4-20-7-8/h3-5,7,9H,2,6H2,1H3. The molecule has 3 heterocycles. The molecule has 0 saturated carbocycles. The molecule has 3 aromatic heterocycles. The Morgan fingerprint density at radius 1 is 1.50 bits per heavy atom. The Labute approximate surface area is 124 Å². The number of halogens is 1. The van der Waals surface area contributed by atoms with Crippen molar-refractivity contribution in [2.75, 3.05) is 0 Å². The monoisotopic (exact) mass is 309 g/mol. The molecule has 0 spiro atoms. The molecule has 0 N–H and O–H groups in total. The summed E-state index contributed by atoms with van der Waals surface area (Å²) in [6.07, 6.45) is 2.62. The van der Waals surface area contributed by atoms with Crippen LogP contribution in [0.4, 0.5) is 0 Å². The van der Waals surface area contributed by atoms with Crippen LogP contribution in [-0.2, 0) is 6.54 Å². The van der Waals surface area contributed by atoms with Gasteiger partial charge in [-0.1, -0.05) is 17.3 Å². The molecule has 3 aromatic rings. The highest BCUT2D eigenvalue weighted by Gasteiger charge is 2.13. The van der Waals surface area contributed by atoms with Gasteiger partial charge in [0.25, 0.3) is 5.89 Å². The van der Waals surface area contributed by atoms with Crippen molar-refractivity contribution < 1.29 is 4.52 Å². The van der Waals surface area contributed by atoms with Crippen molar-refractivity contribution in [1.82, 2.24) is 25.1 Å². The summed E-state index contributed by atoms with van der Waals surface area (Å²) in [4.78, 5) is 4.33. The molecule has 0 fully saturated rings. The Kier molecular flexibility index (Phi) is 3.79. The maximum absolute atomic E-state index is 6.11. The van der Waals surface area contributed by atoms with E-state index in [4.69, 9.17) is 16.1 Å². The lowest BCUT2D eigenvalue weighted by Gasteiger charge is -1.98. The average Bonchev–Trinajstić information content (AvgIpc) is 3.19. The van der Waals surface area contributed by atoms with E-state index in [0.29, 0.717) is 18.3 Å². The summed E-state index contributed by atoms with van der Waals surface area (Å²) in [6.45, 7) is 2.41. The zero-order valence-corrected chi connectivity index (χ0v) is 12.3. The Hall–Kier alpha value is -1.73.